The van der Waals surface area contributed by atoms with E-state index in [1.165, 1.54) is 12.8 Å². The molecule has 2 aromatic rings. The molecule has 0 amide bonds. The Hall–Kier alpha value is -1.86. The molecule has 7 heteroatoms. The largest absolute Gasteiger partial charge is 0.497 e. The maximum Gasteiger partial charge on any atom is 0.243 e. The van der Waals surface area contributed by atoms with Crippen LogP contribution in [0.1, 0.15) is 43.0 Å². The molecule has 0 spiro atoms. The Balaban J connectivity index is 1.63. The predicted molar refractivity (Wildman–Crippen MR) is 96.4 cm³/mol. The molecule has 0 bridgehead atoms. The Kier molecular flexibility index (Phi) is 5.44. The molecule has 1 fully saturated rings. The fourth-order valence-electron chi connectivity index (χ4n) is 3.28. The minimum atomic E-state index is -3.54. The summed E-state index contributed by atoms with van der Waals surface area (Å²) in [4.78, 5) is 0.286. The second-order valence-electron chi connectivity index (χ2n) is 6.49. The smallest absolute Gasteiger partial charge is 0.243 e. The summed E-state index contributed by atoms with van der Waals surface area (Å²) in [7, 11) is -1.92. The highest BCUT2D eigenvalue weighted by Gasteiger charge is 2.24. The van der Waals surface area contributed by atoms with Gasteiger partial charge in [-0.25, -0.2) is 13.1 Å². The van der Waals surface area contributed by atoms with Crippen LogP contribution in [0.25, 0.3) is 0 Å². The van der Waals surface area contributed by atoms with E-state index < -0.39 is 10.0 Å². The number of aryl methyl sites for hydroxylation is 1. The molecule has 6 nitrogen and oxygen atoms in total. The van der Waals surface area contributed by atoms with E-state index in [2.05, 4.69) is 9.82 Å². The second-order valence-corrected chi connectivity index (χ2v) is 8.23. The first-order valence-electron chi connectivity index (χ1n) is 8.68. The van der Waals surface area contributed by atoms with Crippen LogP contribution < -0.4 is 9.46 Å². The van der Waals surface area contributed by atoms with Crippen molar-refractivity contribution in [1.29, 1.82) is 0 Å². The predicted octanol–water partition coefficient (Wildman–Crippen LogP) is 2.84. The van der Waals surface area contributed by atoms with E-state index in [0.29, 0.717) is 24.7 Å². The van der Waals surface area contributed by atoms with Crippen molar-refractivity contribution in [3.63, 3.8) is 0 Å². The Morgan fingerprint density at radius 1 is 1.24 bits per heavy atom. The van der Waals surface area contributed by atoms with Gasteiger partial charge in [0.05, 0.1) is 18.8 Å². The molecule has 0 radical (unpaired) electrons. The third-order valence-corrected chi connectivity index (χ3v) is 6.29. The molecule has 1 saturated carbocycles. The van der Waals surface area contributed by atoms with E-state index in [1.54, 1.807) is 20.2 Å². The summed E-state index contributed by atoms with van der Waals surface area (Å²) in [6.07, 6.45) is 6.83. The van der Waals surface area contributed by atoms with E-state index in [-0.39, 0.29) is 4.90 Å². The number of hydrogen-bond donors (Lipinski definition) is 1. The fraction of sp³-hybridized carbons (Fsp3) is 0.500. The lowest BCUT2D eigenvalue weighted by atomic mass is 10.1. The maximum absolute atomic E-state index is 12.6. The highest BCUT2D eigenvalue weighted by molar-refractivity contribution is 7.89. The zero-order valence-corrected chi connectivity index (χ0v) is 15.6. The van der Waals surface area contributed by atoms with Crippen LogP contribution in [0.3, 0.4) is 0 Å². The van der Waals surface area contributed by atoms with Gasteiger partial charge >= 0.3 is 0 Å². The second kappa shape index (κ2) is 7.58. The van der Waals surface area contributed by atoms with Crippen LogP contribution in [0.2, 0.25) is 0 Å². The fourth-order valence-corrected chi connectivity index (χ4v) is 4.49. The molecule has 0 saturated heterocycles. The third-order valence-electron chi connectivity index (χ3n) is 4.72. The van der Waals surface area contributed by atoms with Gasteiger partial charge in [0.2, 0.25) is 10.0 Å². The Morgan fingerprint density at radius 2 is 1.92 bits per heavy atom. The van der Waals surface area contributed by atoms with Crippen molar-refractivity contribution in [1.82, 2.24) is 14.5 Å². The summed E-state index contributed by atoms with van der Waals surface area (Å²) in [5, 5.41) is 4.43. The number of benzene rings is 1. The summed E-state index contributed by atoms with van der Waals surface area (Å²) in [6, 6.07) is 7.97. The summed E-state index contributed by atoms with van der Waals surface area (Å²) in [5.74, 6) is 0.791. The lowest BCUT2D eigenvalue weighted by molar-refractivity contribution is 0.414. The van der Waals surface area contributed by atoms with Crippen LogP contribution in [0, 0.1) is 6.92 Å². The Labute approximate surface area is 149 Å². The Morgan fingerprint density at radius 3 is 2.56 bits per heavy atom. The Bertz CT molecular complexity index is 807. The highest BCUT2D eigenvalue weighted by atomic mass is 32.2. The van der Waals surface area contributed by atoms with Crippen molar-refractivity contribution in [3.8, 4) is 5.75 Å². The minimum Gasteiger partial charge on any atom is -0.497 e. The molecule has 3 rings (SSSR count). The molecular weight excluding hydrogens is 338 g/mol. The number of methoxy groups -OCH3 is 1. The normalized spacial score (nSPS) is 15.6. The van der Waals surface area contributed by atoms with Crippen molar-refractivity contribution in [2.45, 2.75) is 50.0 Å². The van der Waals surface area contributed by atoms with Gasteiger partial charge in [0.15, 0.2) is 0 Å². The van der Waals surface area contributed by atoms with Crippen molar-refractivity contribution >= 4 is 10.0 Å². The van der Waals surface area contributed by atoms with Crippen LogP contribution in [0.15, 0.2) is 35.4 Å². The van der Waals surface area contributed by atoms with Crippen LogP contribution in [0.5, 0.6) is 5.75 Å². The molecule has 1 heterocycles. The molecule has 1 aromatic heterocycles. The number of ether oxygens (including phenoxy) is 1. The summed E-state index contributed by atoms with van der Waals surface area (Å²) >= 11 is 0. The molecule has 1 aromatic carbocycles. The zero-order valence-electron chi connectivity index (χ0n) is 14.7. The average molecular weight is 363 g/mol. The van der Waals surface area contributed by atoms with Gasteiger partial charge in [-0.1, -0.05) is 25.0 Å². The quantitative estimate of drug-likeness (QED) is 0.821. The zero-order chi connectivity index (χ0) is 17.9. The molecule has 0 atom stereocenters. The van der Waals surface area contributed by atoms with Gasteiger partial charge in [-0.2, -0.15) is 5.10 Å². The van der Waals surface area contributed by atoms with Gasteiger partial charge in [0, 0.05) is 12.7 Å². The van der Waals surface area contributed by atoms with Gasteiger partial charge in [0.25, 0.3) is 0 Å². The SMILES string of the molecule is COc1ccc(CCNS(=O)(=O)c2cn(C3CCCC3)nc2C)cc1. The average Bonchev–Trinajstić information content (AvgIpc) is 3.25. The first kappa shape index (κ1) is 17.9. The lowest BCUT2D eigenvalue weighted by Crippen LogP contribution is -2.26. The minimum absolute atomic E-state index is 0.286. The molecule has 1 aliphatic carbocycles. The number of nitrogens with one attached hydrogen (secondary N) is 1. The van der Waals surface area contributed by atoms with Gasteiger partial charge in [-0.3, -0.25) is 4.68 Å². The lowest BCUT2D eigenvalue weighted by Gasteiger charge is -2.08. The van der Waals surface area contributed by atoms with Gasteiger partial charge in [-0.15, -0.1) is 0 Å². The van der Waals surface area contributed by atoms with Crippen LogP contribution in [0.4, 0.5) is 0 Å². The molecule has 0 aliphatic heterocycles. The van der Waals surface area contributed by atoms with E-state index >= 15 is 0 Å². The topological polar surface area (TPSA) is 73.2 Å². The summed E-state index contributed by atoms with van der Waals surface area (Å²) in [5.41, 5.74) is 1.62. The third kappa shape index (κ3) is 4.22. The standard InChI is InChI=1S/C18H25N3O3S/c1-14-18(13-21(20-14)16-5-3-4-6-16)25(22,23)19-12-11-15-7-9-17(24-2)10-8-15/h7-10,13,16,19H,3-6,11-12H2,1-2H3. The van der Waals surface area contributed by atoms with Crippen LogP contribution >= 0.6 is 0 Å². The number of sulfonamides is 1. The molecule has 136 valence electrons. The van der Waals surface area contributed by atoms with E-state index in [9.17, 15) is 8.42 Å². The number of nitrogens with zero attached hydrogens (tertiary/aromatic N) is 2. The first-order chi connectivity index (χ1) is 12.0. The van der Waals surface area contributed by atoms with Crippen LogP contribution in [-0.4, -0.2) is 31.9 Å². The number of aromatic nitrogens is 2. The van der Waals surface area contributed by atoms with Crippen molar-refractivity contribution < 1.29 is 13.2 Å². The monoisotopic (exact) mass is 363 g/mol. The molecular formula is C18H25N3O3S. The molecule has 25 heavy (non-hydrogen) atoms. The summed E-state index contributed by atoms with van der Waals surface area (Å²) in [6.45, 7) is 2.10. The van der Waals surface area contributed by atoms with E-state index in [4.69, 9.17) is 4.74 Å². The molecule has 1 N–H and O–H groups in total. The molecule has 0 unspecified atom stereocenters. The van der Waals surface area contributed by atoms with E-state index in [1.807, 2.05) is 28.9 Å². The number of rotatable bonds is 7. The van der Waals surface area contributed by atoms with E-state index in [0.717, 1.165) is 24.2 Å². The molecule has 1 aliphatic rings. The van der Waals surface area contributed by atoms with Crippen molar-refractivity contribution in [3.05, 3.63) is 41.7 Å². The van der Waals surface area contributed by atoms with Crippen LogP contribution in [-0.2, 0) is 16.4 Å². The summed E-state index contributed by atoms with van der Waals surface area (Å²) < 4.78 is 34.8. The van der Waals surface area contributed by atoms with Gasteiger partial charge < -0.3 is 4.74 Å². The highest BCUT2D eigenvalue weighted by Crippen LogP contribution is 2.30. The van der Waals surface area contributed by atoms with Crippen molar-refractivity contribution in [2.24, 2.45) is 0 Å². The van der Waals surface area contributed by atoms with Crippen molar-refractivity contribution in [2.75, 3.05) is 13.7 Å². The first-order valence-corrected chi connectivity index (χ1v) is 10.2. The number of hydrogen-bond acceptors (Lipinski definition) is 4. The van der Waals surface area contributed by atoms with Gasteiger partial charge in [-0.05, 0) is 43.9 Å². The van der Waals surface area contributed by atoms with Gasteiger partial charge in [0.1, 0.15) is 10.6 Å². The maximum atomic E-state index is 12.6.